The predicted octanol–water partition coefficient (Wildman–Crippen LogP) is 4.20. The summed E-state index contributed by atoms with van der Waals surface area (Å²) in [5.41, 5.74) is 1.34. The third-order valence-corrected chi connectivity index (χ3v) is 6.58. The number of hydrogen-bond acceptors (Lipinski definition) is 1. The summed E-state index contributed by atoms with van der Waals surface area (Å²) in [5.74, 6) is 2.71. The van der Waals surface area contributed by atoms with Crippen molar-refractivity contribution in [2.75, 3.05) is 11.5 Å². The molecule has 0 N–H and O–H groups in total. The van der Waals surface area contributed by atoms with Gasteiger partial charge in [0.1, 0.15) is 17.3 Å². The Morgan fingerprint density at radius 3 is 2.19 bits per heavy atom. The number of benzene rings is 1. The van der Waals surface area contributed by atoms with Gasteiger partial charge in [0.05, 0.1) is 12.8 Å². The Morgan fingerprint density at radius 2 is 1.71 bits per heavy atom. The van der Waals surface area contributed by atoms with Crippen molar-refractivity contribution in [1.29, 1.82) is 0 Å². The highest BCUT2D eigenvalue weighted by Crippen LogP contribution is 2.39. The van der Waals surface area contributed by atoms with Crippen LogP contribution in [0.5, 0.6) is 0 Å². The van der Waals surface area contributed by atoms with Crippen LogP contribution in [0.1, 0.15) is 32.3 Å². The lowest BCUT2D eigenvalue weighted by Crippen LogP contribution is -2.42. The summed E-state index contributed by atoms with van der Waals surface area (Å²) in [4.78, 5) is 11.7. The van der Waals surface area contributed by atoms with E-state index in [-0.39, 0.29) is 4.75 Å². The van der Waals surface area contributed by atoms with Crippen LogP contribution in [0.3, 0.4) is 0 Å². The standard InChI is InChI=1S/C14H19OS.BF4/c1-3-16-10-9-13(15)11-14(16,2)12-7-5-4-6-8-12;2-1(3,4)5/h4-8H,3,9-11H2,1-2H3;/q+1;-1. The van der Waals surface area contributed by atoms with Crippen LogP contribution in [0, 0.1) is 0 Å². The summed E-state index contributed by atoms with van der Waals surface area (Å²) in [7, 11) is -5.65. The number of rotatable bonds is 2. The molecule has 0 aliphatic carbocycles. The van der Waals surface area contributed by atoms with Gasteiger partial charge in [0.2, 0.25) is 0 Å². The molecule has 1 aliphatic heterocycles. The lowest BCUT2D eigenvalue weighted by atomic mass is 9.93. The Bertz CT molecular complexity index is 460. The first kappa shape index (κ1) is 18.1. The fraction of sp³-hybridized carbons (Fsp3) is 0.500. The van der Waals surface area contributed by atoms with Crippen molar-refractivity contribution in [2.24, 2.45) is 0 Å². The van der Waals surface area contributed by atoms with Gasteiger partial charge in [-0.3, -0.25) is 4.79 Å². The van der Waals surface area contributed by atoms with Crippen LogP contribution in [0.4, 0.5) is 17.3 Å². The molecular formula is C14H19BF4OS. The van der Waals surface area contributed by atoms with E-state index in [1.807, 2.05) is 6.07 Å². The van der Waals surface area contributed by atoms with E-state index >= 15 is 0 Å². The summed E-state index contributed by atoms with van der Waals surface area (Å²) in [6, 6.07) is 10.6. The van der Waals surface area contributed by atoms with E-state index in [9.17, 15) is 22.1 Å². The minimum absolute atomic E-state index is 0.0886. The van der Waals surface area contributed by atoms with Gasteiger partial charge in [-0.1, -0.05) is 30.3 Å². The zero-order chi connectivity index (χ0) is 16.1. The first-order chi connectivity index (χ1) is 9.66. The van der Waals surface area contributed by atoms with Gasteiger partial charge < -0.3 is 17.3 Å². The van der Waals surface area contributed by atoms with Crippen LogP contribution >= 0.6 is 0 Å². The smallest absolute Gasteiger partial charge is 0.418 e. The molecular weight excluding hydrogens is 303 g/mol. The molecule has 2 unspecified atom stereocenters. The van der Waals surface area contributed by atoms with Crippen molar-refractivity contribution in [3.63, 3.8) is 0 Å². The van der Waals surface area contributed by atoms with Gasteiger partial charge >= 0.3 is 7.25 Å². The molecule has 2 rings (SSSR count). The second-order valence-electron chi connectivity index (χ2n) is 5.04. The van der Waals surface area contributed by atoms with Gasteiger partial charge in [-0.15, -0.1) is 0 Å². The zero-order valence-corrected chi connectivity index (χ0v) is 12.9. The van der Waals surface area contributed by atoms with E-state index in [4.69, 9.17) is 0 Å². The number of halogens is 4. The van der Waals surface area contributed by atoms with Gasteiger partial charge in [0.15, 0.2) is 4.75 Å². The predicted molar refractivity (Wildman–Crippen MR) is 81.0 cm³/mol. The molecule has 1 saturated heterocycles. The number of carbonyl (C=O) groups is 1. The van der Waals surface area contributed by atoms with E-state index in [1.54, 1.807) is 0 Å². The van der Waals surface area contributed by atoms with E-state index in [2.05, 4.69) is 38.1 Å². The fourth-order valence-electron chi connectivity index (χ4n) is 2.55. The monoisotopic (exact) mass is 322 g/mol. The molecule has 0 saturated carbocycles. The van der Waals surface area contributed by atoms with Gasteiger partial charge in [0, 0.05) is 5.56 Å². The van der Waals surface area contributed by atoms with Crippen LogP contribution in [0.2, 0.25) is 0 Å². The van der Waals surface area contributed by atoms with Crippen molar-refractivity contribution < 1.29 is 22.1 Å². The van der Waals surface area contributed by atoms with Crippen molar-refractivity contribution in [3.05, 3.63) is 35.9 Å². The van der Waals surface area contributed by atoms with Crippen LogP contribution in [0.25, 0.3) is 0 Å². The molecule has 0 bridgehead atoms. The first-order valence-electron chi connectivity index (χ1n) is 6.79. The van der Waals surface area contributed by atoms with Crippen molar-refractivity contribution in [2.45, 2.75) is 31.4 Å². The Morgan fingerprint density at radius 1 is 1.19 bits per heavy atom. The van der Waals surface area contributed by atoms with Gasteiger partial charge in [-0.25, -0.2) is 0 Å². The first-order valence-corrected chi connectivity index (χ1v) is 8.35. The summed E-state index contributed by atoms with van der Waals surface area (Å²) in [6.45, 7) is 4.52. The quantitative estimate of drug-likeness (QED) is 0.453. The van der Waals surface area contributed by atoms with E-state index in [0.29, 0.717) is 16.7 Å². The molecule has 1 heterocycles. The molecule has 1 nitrogen and oxygen atoms in total. The lowest BCUT2D eigenvalue weighted by Gasteiger charge is -2.32. The maximum Gasteiger partial charge on any atom is 0.673 e. The SMILES string of the molecule is CC[S+]1CCC(=O)CC1(C)c1ccccc1.F[B-](F)(F)F. The Hall–Kier alpha value is -0.975. The molecule has 7 heteroatoms. The Balaban J connectivity index is 0.000000383. The van der Waals surface area contributed by atoms with Gasteiger partial charge in [0.25, 0.3) is 0 Å². The molecule has 0 radical (unpaired) electrons. The maximum absolute atomic E-state index is 11.7. The number of ketones is 1. The molecule has 2 atom stereocenters. The normalized spacial score (nSPS) is 26.0. The van der Waals surface area contributed by atoms with Crippen molar-refractivity contribution in [1.82, 2.24) is 0 Å². The minimum Gasteiger partial charge on any atom is -0.418 e. The van der Waals surface area contributed by atoms with Crippen LogP contribution in [-0.2, 0) is 20.4 Å². The van der Waals surface area contributed by atoms with E-state index in [0.717, 1.165) is 18.6 Å². The van der Waals surface area contributed by atoms with Crippen LogP contribution in [0.15, 0.2) is 30.3 Å². The largest absolute Gasteiger partial charge is 0.673 e. The lowest BCUT2D eigenvalue weighted by molar-refractivity contribution is -0.119. The molecule has 0 spiro atoms. The molecule has 1 aromatic carbocycles. The van der Waals surface area contributed by atoms with Crippen molar-refractivity contribution in [3.8, 4) is 0 Å². The topological polar surface area (TPSA) is 17.1 Å². The van der Waals surface area contributed by atoms with Gasteiger partial charge in [-0.05, 0) is 24.7 Å². The third-order valence-electron chi connectivity index (χ3n) is 3.53. The number of carbonyl (C=O) groups excluding carboxylic acids is 1. The summed E-state index contributed by atoms with van der Waals surface area (Å²) >= 11 is 0. The Labute approximate surface area is 125 Å². The van der Waals surface area contributed by atoms with E-state index < -0.39 is 7.25 Å². The third kappa shape index (κ3) is 5.73. The summed E-state index contributed by atoms with van der Waals surface area (Å²) < 4.78 is 39.1. The molecule has 0 amide bonds. The number of Topliss-reactive ketones (excluding diaryl/α,β-unsaturated/α-hetero) is 1. The second-order valence-corrected chi connectivity index (χ2v) is 7.92. The summed E-state index contributed by atoms with van der Waals surface area (Å²) in [6.07, 6.45) is 1.52. The highest BCUT2D eigenvalue weighted by Gasteiger charge is 2.48. The van der Waals surface area contributed by atoms with Crippen molar-refractivity contribution >= 4 is 23.9 Å². The van der Waals surface area contributed by atoms with Gasteiger partial charge in [-0.2, -0.15) is 0 Å². The van der Waals surface area contributed by atoms with Crippen LogP contribution < -0.4 is 0 Å². The zero-order valence-electron chi connectivity index (χ0n) is 12.1. The highest BCUT2D eigenvalue weighted by molar-refractivity contribution is 7.97. The average Bonchev–Trinajstić information content (AvgIpc) is 2.38. The number of hydrogen-bond donors (Lipinski definition) is 0. The molecule has 1 fully saturated rings. The molecule has 0 aromatic heterocycles. The molecule has 1 aromatic rings. The highest BCUT2D eigenvalue weighted by atomic mass is 32.2. The fourth-order valence-corrected chi connectivity index (χ4v) is 5.24. The van der Waals surface area contributed by atoms with Crippen LogP contribution in [-0.4, -0.2) is 24.5 Å². The Kier molecular flexibility index (Phi) is 6.32. The average molecular weight is 322 g/mol. The molecule has 1 aliphatic rings. The minimum atomic E-state index is -6.00. The molecule has 118 valence electrons. The summed E-state index contributed by atoms with van der Waals surface area (Å²) in [5, 5.41) is 0. The van der Waals surface area contributed by atoms with E-state index in [1.165, 1.54) is 11.3 Å². The maximum atomic E-state index is 11.7. The second kappa shape index (κ2) is 7.34. The molecule has 21 heavy (non-hydrogen) atoms.